The highest BCUT2D eigenvalue weighted by Crippen LogP contribution is 2.26. The molecule has 4 rings (SSSR count). The number of halogens is 2. The van der Waals surface area contributed by atoms with Gasteiger partial charge in [0.05, 0.1) is 11.3 Å². The van der Waals surface area contributed by atoms with Gasteiger partial charge in [0.1, 0.15) is 16.4 Å². The summed E-state index contributed by atoms with van der Waals surface area (Å²) in [5.74, 6) is 1.13. The van der Waals surface area contributed by atoms with Crippen LogP contribution in [0.2, 0.25) is 10.0 Å². The summed E-state index contributed by atoms with van der Waals surface area (Å²) in [7, 11) is -3.88. The molecule has 1 N–H and O–H groups in total. The molecule has 186 valence electrons. The summed E-state index contributed by atoms with van der Waals surface area (Å²) in [5.41, 5.74) is 0.609. The van der Waals surface area contributed by atoms with Crippen LogP contribution < -0.4 is 14.4 Å². The van der Waals surface area contributed by atoms with Crippen LogP contribution >= 0.6 is 23.2 Å². The predicted octanol–water partition coefficient (Wildman–Crippen LogP) is 6.39. The molecule has 1 heterocycles. The first-order chi connectivity index (χ1) is 17.3. The Kier molecular flexibility index (Phi) is 8.32. The van der Waals surface area contributed by atoms with E-state index in [1.807, 2.05) is 30.3 Å². The van der Waals surface area contributed by atoms with E-state index in [2.05, 4.69) is 4.72 Å². The highest BCUT2D eigenvalue weighted by atomic mass is 35.5. The molecule has 0 spiro atoms. The van der Waals surface area contributed by atoms with Gasteiger partial charge in [-0.1, -0.05) is 41.4 Å². The van der Waals surface area contributed by atoms with Crippen LogP contribution in [0.3, 0.4) is 0 Å². The van der Waals surface area contributed by atoms with Crippen molar-refractivity contribution in [1.29, 1.82) is 0 Å². The Morgan fingerprint density at radius 2 is 1.64 bits per heavy atom. The van der Waals surface area contributed by atoms with Crippen LogP contribution in [-0.4, -0.2) is 27.4 Å². The summed E-state index contributed by atoms with van der Waals surface area (Å²) < 4.78 is 38.9. The van der Waals surface area contributed by atoms with Crippen LogP contribution in [0.4, 0.5) is 5.69 Å². The summed E-state index contributed by atoms with van der Waals surface area (Å²) in [5, 5.41) is 0.328. The van der Waals surface area contributed by atoms with Crippen molar-refractivity contribution < 1.29 is 22.4 Å². The van der Waals surface area contributed by atoms with Crippen LogP contribution in [-0.2, 0) is 10.0 Å². The van der Waals surface area contributed by atoms with E-state index in [1.54, 1.807) is 36.4 Å². The number of benzene rings is 3. The smallest absolute Gasteiger partial charge is 0.293 e. The summed E-state index contributed by atoms with van der Waals surface area (Å²) in [6, 6.07) is 23.8. The Balaban J connectivity index is 1.45. The number of amides is 1. The number of carbonyl (C=O) groups is 1. The molecule has 0 unspecified atom stereocenters. The first kappa shape index (κ1) is 25.8. The van der Waals surface area contributed by atoms with Crippen molar-refractivity contribution in [2.24, 2.45) is 0 Å². The molecular weight excluding hydrogens is 523 g/mol. The topological polar surface area (TPSA) is 88.9 Å². The number of furan rings is 1. The highest BCUT2D eigenvalue weighted by Gasteiger charge is 2.22. The van der Waals surface area contributed by atoms with Gasteiger partial charge >= 0.3 is 0 Å². The number of hydrogen-bond donors (Lipinski definition) is 1. The fraction of sp³-hybridized carbons (Fsp3) is 0.115. The van der Waals surface area contributed by atoms with Gasteiger partial charge in [0.25, 0.3) is 5.91 Å². The zero-order chi connectivity index (χ0) is 25.5. The lowest BCUT2D eigenvalue weighted by atomic mass is 10.2. The molecule has 0 saturated heterocycles. The lowest BCUT2D eigenvalue weighted by molar-refractivity contribution is 0.0960. The molecule has 10 heteroatoms. The highest BCUT2D eigenvalue weighted by molar-refractivity contribution is 7.89. The maximum atomic E-state index is 13.1. The molecule has 0 atom stereocenters. The maximum absolute atomic E-state index is 13.1. The van der Waals surface area contributed by atoms with Gasteiger partial charge in [-0.2, -0.15) is 0 Å². The van der Waals surface area contributed by atoms with Crippen LogP contribution in [0, 0.1) is 0 Å². The SMILES string of the molecule is O=C(c1ccco1)N(CCCNS(=O)(=O)c1cc(Cl)ccc1Cl)c1ccc(Oc2ccccc2)cc1. The number of sulfonamides is 1. The number of para-hydroxylation sites is 1. The molecule has 0 aliphatic carbocycles. The molecule has 0 fully saturated rings. The van der Waals surface area contributed by atoms with Crippen LogP contribution in [0.25, 0.3) is 0 Å². The van der Waals surface area contributed by atoms with Gasteiger partial charge in [0, 0.05) is 23.8 Å². The molecule has 4 aromatic rings. The Bertz CT molecular complexity index is 1410. The number of rotatable bonds is 10. The average Bonchev–Trinajstić information content (AvgIpc) is 3.42. The lowest BCUT2D eigenvalue weighted by Crippen LogP contribution is -2.34. The van der Waals surface area contributed by atoms with Crippen LogP contribution in [0.5, 0.6) is 11.5 Å². The molecular formula is C26H22Cl2N2O5S. The van der Waals surface area contributed by atoms with E-state index in [9.17, 15) is 13.2 Å². The van der Waals surface area contributed by atoms with Gasteiger partial charge in [-0.05, 0) is 73.2 Å². The summed E-state index contributed by atoms with van der Waals surface area (Å²) >= 11 is 12.0. The average molecular weight is 545 g/mol. The Morgan fingerprint density at radius 1 is 0.917 bits per heavy atom. The van der Waals surface area contributed by atoms with Gasteiger partial charge in [-0.25, -0.2) is 13.1 Å². The maximum Gasteiger partial charge on any atom is 0.293 e. The zero-order valence-corrected chi connectivity index (χ0v) is 21.3. The van der Waals surface area contributed by atoms with E-state index < -0.39 is 10.0 Å². The van der Waals surface area contributed by atoms with Gasteiger partial charge in [0.15, 0.2) is 5.76 Å². The van der Waals surface area contributed by atoms with Crippen molar-refractivity contribution in [3.8, 4) is 11.5 Å². The van der Waals surface area contributed by atoms with E-state index in [4.69, 9.17) is 32.4 Å². The number of ether oxygens (including phenoxy) is 1. The fourth-order valence-electron chi connectivity index (χ4n) is 3.40. The molecule has 36 heavy (non-hydrogen) atoms. The molecule has 1 amide bonds. The number of anilines is 1. The molecule has 0 saturated carbocycles. The first-order valence-corrected chi connectivity index (χ1v) is 13.2. The third-order valence-corrected chi connectivity index (χ3v) is 7.32. The second kappa shape index (κ2) is 11.6. The predicted molar refractivity (Wildman–Crippen MR) is 140 cm³/mol. The van der Waals surface area contributed by atoms with Crippen molar-refractivity contribution in [3.05, 3.63) is 107 Å². The fourth-order valence-corrected chi connectivity index (χ4v) is 5.24. The van der Waals surface area contributed by atoms with Crippen molar-refractivity contribution in [3.63, 3.8) is 0 Å². The Morgan fingerprint density at radius 3 is 2.33 bits per heavy atom. The van der Waals surface area contributed by atoms with Crippen LogP contribution in [0.1, 0.15) is 17.0 Å². The number of carbonyl (C=O) groups excluding carboxylic acids is 1. The second-order valence-electron chi connectivity index (χ2n) is 7.67. The number of nitrogens with one attached hydrogen (secondary N) is 1. The summed E-state index contributed by atoms with van der Waals surface area (Å²) in [4.78, 5) is 14.5. The second-order valence-corrected chi connectivity index (χ2v) is 10.2. The molecule has 1 aromatic heterocycles. The minimum Gasteiger partial charge on any atom is -0.459 e. The summed E-state index contributed by atoms with van der Waals surface area (Å²) in [6.45, 7) is 0.298. The van der Waals surface area contributed by atoms with E-state index in [-0.39, 0.29) is 39.7 Å². The normalized spacial score (nSPS) is 11.3. The number of nitrogens with zero attached hydrogens (tertiary/aromatic N) is 1. The third-order valence-electron chi connectivity index (χ3n) is 5.14. The molecule has 0 aliphatic heterocycles. The largest absolute Gasteiger partial charge is 0.459 e. The minimum atomic E-state index is -3.88. The quantitative estimate of drug-likeness (QED) is 0.233. The van der Waals surface area contributed by atoms with E-state index >= 15 is 0 Å². The molecule has 3 aromatic carbocycles. The van der Waals surface area contributed by atoms with E-state index in [0.717, 1.165) is 0 Å². The summed E-state index contributed by atoms with van der Waals surface area (Å²) in [6.07, 6.45) is 1.75. The van der Waals surface area contributed by atoms with E-state index in [1.165, 1.54) is 29.4 Å². The zero-order valence-electron chi connectivity index (χ0n) is 18.9. The molecule has 0 aliphatic rings. The molecule has 0 radical (unpaired) electrons. The number of hydrogen-bond acceptors (Lipinski definition) is 5. The van der Waals surface area contributed by atoms with Crippen LogP contribution in [0.15, 0.2) is 101 Å². The first-order valence-electron chi connectivity index (χ1n) is 11.0. The standard InChI is InChI=1S/C26H22Cl2N2O5S/c27-19-9-14-23(28)25(18-19)36(32,33)29-15-5-16-30(26(31)24-8-4-17-34-24)20-10-12-22(13-11-20)35-21-6-2-1-3-7-21/h1-4,6-14,17-18,29H,5,15-16H2. The van der Waals surface area contributed by atoms with Crippen molar-refractivity contribution in [2.45, 2.75) is 11.3 Å². The van der Waals surface area contributed by atoms with Gasteiger partial charge in [-0.3, -0.25) is 4.79 Å². The van der Waals surface area contributed by atoms with Crippen molar-refractivity contribution in [2.75, 3.05) is 18.0 Å². The molecule has 7 nitrogen and oxygen atoms in total. The monoisotopic (exact) mass is 544 g/mol. The third kappa shape index (κ3) is 6.47. The van der Waals surface area contributed by atoms with Gasteiger partial charge in [0.2, 0.25) is 10.0 Å². The Hall–Kier alpha value is -3.30. The van der Waals surface area contributed by atoms with E-state index in [0.29, 0.717) is 23.6 Å². The lowest BCUT2D eigenvalue weighted by Gasteiger charge is -2.22. The molecule has 0 bridgehead atoms. The van der Waals surface area contributed by atoms with Crippen molar-refractivity contribution >= 4 is 44.8 Å². The minimum absolute atomic E-state index is 0.0688. The van der Waals surface area contributed by atoms with Crippen molar-refractivity contribution in [1.82, 2.24) is 4.72 Å². The van der Waals surface area contributed by atoms with Gasteiger partial charge in [-0.15, -0.1) is 0 Å². The van der Waals surface area contributed by atoms with Gasteiger partial charge < -0.3 is 14.1 Å². The Labute approximate surface area is 219 Å².